The van der Waals surface area contributed by atoms with Gasteiger partial charge in [-0.3, -0.25) is 29.7 Å². The van der Waals surface area contributed by atoms with Crippen molar-refractivity contribution in [1.82, 2.24) is 24.9 Å². The molecule has 0 radical (unpaired) electrons. The van der Waals surface area contributed by atoms with Gasteiger partial charge in [0.05, 0.1) is 75.8 Å². The van der Waals surface area contributed by atoms with Crippen LogP contribution in [0.3, 0.4) is 0 Å². The first kappa shape index (κ1) is 74.8. The number of hydrogen-bond acceptors (Lipinski definition) is 27. The number of cyclic esters (lactones) is 1. The number of nitriles is 2. The van der Waals surface area contributed by atoms with Gasteiger partial charge in [0.1, 0.15) is 42.2 Å². The lowest BCUT2D eigenvalue weighted by Crippen LogP contribution is -2.69. The van der Waals surface area contributed by atoms with Gasteiger partial charge in [-0.15, -0.1) is 23.5 Å². The minimum Gasteiger partial charge on any atom is -0.504 e. The van der Waals surface area contributed by atoms with E-state index in [0.29, 0.717) is 71.5 Å². The summed E-state index contributed by atoms with van der Waals surface area (Å²) in [6.45, 7) is 11.8. The molecule has 0 saturated carbocycles. The smallest absolute Gasteiger partial charge is 0.375 e. The lowest BCUT2D eigenvalue weighted by atomic mass is 9.71. The SMILES string of the molecule is C.COc1c(C)cc2c(c1O)[C@@H]1[C@@H]3[C@@H]4SCC(=O)C(=O)OC[C@@H](c5c6c(c(C)c(C)c54)OCO6)N3[C@@H](C#N)[C@H](C2)N1C.COc1c(C)cc2c(c1O)[C@@H]1[C@@H]3[C@@H]4SC[C@]5(N[C@H](CO)Cc6c5oc5ccccc65)C(=O)OC[C@@H](c5c6c(c(C)c(C)c54)OCO6)N3[C@@H](C#N)[C@H](C2)N1C.N[C@H](CO)Cc1coc2ccccc12. The van der Waals surface area contributed by atoms with E-state index in [1.807, 2.05) is 90.2 Å². The maximum Gasteiger partial charge on any atom is 0.375 e. The van der Waals surface area contributed by atoms with Crippen molar-refractivity contribution in [2.24, 2.45) is 5.73 Å². The van der Waals surface area contributed by atoms with E-state index in [4.69, 9.17) is 57.6 Å². The Labute approximate surface area is 645 Å². The standard InChI is InChI=1S/C41H42N4O8S.C30H31N3O7S.C11H13NO2.CH4/c1-18-10-21-11-25-26(13-42)45-27-15-50-40(48)41(39-24(12-22(14-46)43-41)23-8-6-7-9-28(23)53-39)16-54-38(29-19(2)20(3)36-37(31(27)29)52-17-51-36)33(45)32(44(25)4)30(21)34(47)35(18)49-5;1-12-6-15-7-16-17(8-31)33-18-9-38-30(36)19(34)10-41-29(20-13(2)14(3)27-28(22(18)20)40-11-39-27)24(33)23(32(16)4)21(15)25(35)26(12)37-5;12-9(6-13)5-8-7-14-11-4-2-1-3-10(8)11;/h6-10,22,25-27,32-33,38,43,46-47H,11-12,14-17H2,1-5H3;6,16-18,23-24,29,35H,7,9-11H2,1-5H3;1-4,7,9,13H,5-6,12H2;1H4/t22-,25-,26-,27-,32+,33+,38+,41+;16-,17-,18-,23+,24+,29+;9-;/m000./s1. The average Bonchev–Trinajstić information content (AvgIpc) is 0.769. The summed E-state index contributed by atoms with van der Waals surface area (Å²) < 4.78 is 59.8. The molecule has 27 heteroatoms. The summed E-state index contributed by atoms with van der Waals surface area (Å²) >= 11 is 2.99. The molecule has 12 aliphatic rings. The van der Waals surface area contributed by atoms with Crippen LogP contribution in [0, 0.1) is 64.2 Å². The highest BCUT2D eigenvalue weighted by molar-refractivity contribution is 8.00. The van der Waals surface area contributed by atoms with E-state index in [9.17, 15) is 40.2 Å². The van der Waals surface area contributed by atoms with E-state index in [0.717, 1.165) is 105 Å². The highest BCUT2D eigenvalue weighted by atomic mass is 32.2. The van der Waals surface area contributed by atoms with Crippen LogP contribution in [0.15, 0.2) is 75.8 Å². The molecule has 8 bridgehead atoms. The Morgan fingerprint density at radius 3 is 1.69 bits per heavy atom. The molecule has 7 N–H and O–H groups in total. The number of aliphatic hydroxyl groups excluding tert-OH is 2. The van der Waals surface area contributed by atoms with Crippen molar-refractivity contribution in [3.05, 3.63) is 162 Å². The van der Waals surface area contributed by atoms with Gasteiger partial charge < -0.3 is 72.9 Å². The molecule has 1 spiro atoms. The van der Waals surface area contributed by atoms with Gasteiger partial charge in [0.15, 0.2) is 51.5 Å². The summed E-state index contributed by atoms with van der Waals surface area (Å²) in [6, 6.07) is 20.3. The van der Waals surface area contributed by atoms with Crippen LogP contribution in [0.4, 0.5) is 0 Å². The first-order valence-electron chi connectivity index (χ1n) is 36.9. The first-order valence-corrected chi connectivity index (χ1v) is 39.0. The summed E-state index contributed by atoms with van der Waals surface area (Å²) in [4.78, 5) is 49.3. The number of piperazine rings is 2. The number of hydrogen-bond donors (Lipinski definition) is 6. The number of ether oxygens (including phenoxy) is 8. The van der Waals surface area contributed by atoms with Crippen LogP contribution in [0.1, 0.15) is 137 Å². The fourth-order valence-electron chi connectivity index (χ4n) is 20.1. The van der Waals surface area contributed by atoms with E-state index in [2.05, 4.69) is 63.2 Å². The number of fused-ring (bicyclic) bond motifs is 21. The molecule has 4 saturated heterocycles. The van der Waals surface area contributed by atoms with Crippen molar-refractivity contribution in [3.8, 4) is 58.1 Å². The van der Waals surface area contributed by atoms with Crippen molar-refractivity contribution in [2.45, 2.75) is 163 Å². The zero-order chi connectivity index (χ0) is 76.2. The number of Topliss-reactive ketones (excluding diaryl/α,β-unsaturated/α-hetero) is 1. The van der Waals surface area contributed by atoms with Gasteiger partial charge in [0.25, 0.3) is 0 Å². The number of furan rings is 2. The van der Waals surface area contributed by atoms with Crippen LogP contribution in [0.5, 0.6) is 46.0 Å². The van der Waals surface area contributed by atoms with Crippen LogP contribution in [0.2, 0.25) is 0 Å². The van der Waals surface area contributed by atoms with Gasteiger partial charge in [0, 0.05) is 91.1 Å². The Hall–Kier alpha value is -9.23. The zero-order valence-electron chi connectivity index (χ0n) is 62.1. The van der Waals surface area contributed by atoms with Gasteiger partial charge >= 0.3 is 11.9 Å². The van der Waals surface area contributed by atoms with E-state index >= 15 is 0 Å². The molecule has 20 rings (SSSR count). The summed E-state index contributed by atoms with van der Waals surface area (Å²) in [5.74, 6) is 2.36. The van der Waals surface area contributed by atoms with E-state index in [1.54, 1.807) is 32.2 Å². The monoisotopic (exact) mass is 1530 g/mol. The van der Waals surface area contributed by atoms with Crippen molar-refractivity contribution in [2.75, 3.05) is 79.8 Å². The largest absolute Gasteiger partial charge is 0.504 e. The van der Waals surface area contributed by atoms with Gasteiger partial charge in [-0.1, -0.05) is 56.0 Å². The molecule has 0 unspecified atom stereocenters. The van der Waals surface area contributed by atoms with Crippen LogP contribution in [-0.2, 0) is 55.1 Å². The molecule has 4 fully saturated rings. The number of benzene rings is 6. The highest BCUT2D eigenvalue weighted by Gasteiger charge is 2.64. The van der Waals surface area contributed by atoms with Crippen LogP contribution >= 0.6 is 23.5 Å². The number of aromatic hydroxyl groups is 2. The normalized spacial score (nSPS) is 28.1. The molecule has 2 aromatic heterocycles. The number of aryl methyl sites for hydroxylation is 2. The van der Waals surface area contributed by atoms with Crippen molar-refractivity contribution < 1.29 is 81.5 Å². The lowest BCUT2D eigenvalue weighted by Gasteiger charge is -2.62. The third-order valence-electron chi connectivity index (χ3n) is 25.0. The van der Waals surface area contributed by atoms with E-state index in [-0.39, 0.29) is 123 Å². The third kappa shape index (κ3) is 11.1. The summed E-state index contributed by atoms with van der Waals surface area (Å²) in [7, 11) is 7.19. The molecule has 110 heavy (non-hydrogen) atoms. The molecule has 576 valence electrons. The number of thioether (sulfide) groups is 2. The number of esters is 2. The number of aliphatic hydroxyl groups is 2. The molecule has 8 aromatic rings. The van der Waals surface area contributed by atoms with Gasteiger partial charge in [-0.05, 0) is 155 Å². The van der Waals surface area contributed by atoms with Crippen LogP contribution in [-0.4, -0.2) is 186 Å². The maximum atomic E-state index is 14.9. The summed E-state index contributed by atoms with van der Waals surface area (Å²) in [5.41, 5.74) is 20.8. The minimum atomic E-state index is -1.42. The molecule has 15 atom stereocenters. The third-order valence-corrected chi connectivity index (χ3v) is 27.8. The number of methoxy groups -OCH3 is 2. The number of nitrogens with zero attached hydrogens (tertiary/aromatic N) is 6. The molecular weight excluding hydrogens is 1450 g/mol. The number of ketones is 1. The second-order valence-corrected chi connectivity index (χ2v) is 32.7. The van der Waals surface area contributed by atoms with E-state index < -0.39 is 53.5 Å². The number of carbonyl (C=O) groups excluding carboxylic acids is 3. The second-order valence-electron chi connectivity index (χ2n) is 30.4. The summed E-state index contributed by atoms with van der Waals surface area (Å²) in [5, 5.41) is 69.9. The number of likely N-dealkylation sites (N-methyl/N-ethyl adjacent to an activating group) is 2. The van der Waals surface area contributed by atoms with Crippen molar-refractivity contribution in [1.29, 1.82) is 10.5 Å². The maximum absolute atomic E-state index is 14.9. The Balaban J connectivity index is 0.000000144. The molecule has 25 nitrogen and oxygen atoms in total. The minimum absolute atomic E-state index is 0. The number of nitrogens with one attached hydrogen (secondary N) is 1. The first-order chi connectivity index (χ1) is 52.6. The fourth-order valence-corrected chi connectivity index (χ4v) is 23.2. The van der Waals surface area contributed by atoms with Crippen molar-refractivity contribution in [3.63, 3.8) is 0 Å². The fraction of sp³-hybridized carbons (Fsp3) is 0.458. The number of nitrogens with two attached hydrogens (primary N) is 1. The van der Waals surface area contributed by atoms with Crippen LogP contribution in [0.25, 0.3) is 21.9 Å². The Morgan fingerprint density at radius 2 is 1.16 bits per heavy atom. The number of carbonyl (C=O) groups is 3. The second kappa shape index (κ2) is 28.5. The van der Waals surface area contributed by atoms with Gasteiger partial charge in [0.2, 0.25) is 19.4 Å². The van der Waals surface area contributed by atoms with Gasteiger partial charge in [-0.25, -0.2) is 9.59 Å². The molecule has 12 aliphatic heterocycles. The number of phenolic OH excluding ortho intramolecular Hbond substituents is 2. The molecule has 14 heterocycles. The lowest BCUT2D eigenvalue weighted by molar-refractivity contribution is -0.158. The van der Waals surface area contributed by atoms with Crippen molar-refractivity contribution >= 4 is 63.2 Å². The highest BCUT2D eigenvalue weighted by Crippen LogP contribution is 2.66. The molecule has 6 aromatic carbocycles. The number of para-hydroxylation sites is 2. The predicted molar refractivity (Wildman–Crippen MR) is 409 cm³/mol. The quantitative estimate of drug-likeness (QED) is 0.0666. The Morgan fingerprint density at radius 1 is 0.655 bits per heavy atom. The zero-order valence-corrected chi connectivity index (χ0v) is 63.7. The molecule has 0 aliphatic carbocycles. The summed E-state index contributed by atoms with van der Waals surface area (Å²) in [6.07, 6.45) is 3.95. The topological polar surface area (TPSA) is 331 Å². The number of rotatable bonds is 6. The molecule has 0 amide bonds. The number of phenols is 2. The van der Waals surface area contributed by atoms with Gasteiger partial charge in [-0.2, -0.15) is 10.5 Å². The Bertz CT molecular complexity index is 5210. The Kier molecular flexibility index (Phi) is 19.4. The van der Waals surface area contributed by atoms with E-state index in [1.165, 1.54) is 11.8 Å². The van der Waals surface area contributed by atoms with Crippen LogP contribution < -0.4 is 39.5 Å². The molecular formula is C83H90N8O17S2. The average molecular weight is 1540 g/mol. The predicted octanol–water partition coefficient (Wildman–Crippen LogP) is 9.88.